The predicted octanol–water partition coefficient (Wildman–Crippen LogP) is 2.99. The molecule has 6 heteroatoms. The number of carbonyl (C=O) groups is 2. The number of carbonyl (C=O) groups excluding carboxylic acids is 2. The van der Waals surface area contributed by atoms with Crippen LogP contribution >= 0.6 is 0 Å². The van der Waals surface area contributed by atoms with E-state index in [-0.39, 0.29) is 18.9 Å². The second-order valence-corrected chi connectivity index (χ2v) is 7.30. The minimum atomic E-state index is -0.398. The number of esters is 1. The van der Waals surface area contributed by atoms with Crippen LogP contribution in [0, 0.1) is 13.8 Å². The maximum atomic E-state index is 12.5. The smallest absolute Gasteiger partial charge is 0.310 e. The van der Waals surface area contributed by atoms with E-state index in [1.807, 2.05) is 44.2 Å². The number of rotatable bonds is 6. The van der Waals surface area contributed by atoms with Crippen LogP contribution in [0.1, 0.15) is 27.8 Å². The number of nitrogens with zero attached hydrogens (tertiary/aromatic N) is 1. The maximum Gasteiger partial charge on any atom is 0.310 e. The predicted molar refractivity (Wildman–Crippen MR) is 109 cm³/mol. The van der Waals surface area contributed by atoms with Gasteiger partial charge in [-0.15, -0.1) is 0 Å². The van der Waals surface area contributed by atoms with Crippen LogP contribution in [0.4, 0.5) is 0 Å². The van der Waals surface area contributed by atoms with Gasteiger partial charge in [0.2, 0.25) is 0 Å². The van der Waals surface area contributed by atoms with Gasteiger partial charge in [0.15, 0.2) is 18.1 Å². The molecule has 0 saturated heterocycles. The van der Waals surface area contributed by atoms with E-state index < -0.39 is 5.97 Å². The Morgan fingerprint density at radius 2 is 1.66 bits per heavy atom. The summed E-state index contributed by atoms with van der Waals surface area (Å²) in [5.41, 5.74) is 5.35. The van der Waals surface area contributed by atoms with Crippen molar-refractivity contribution in [3.05, 3.63) is 58.1 Å². The Labute approximate surface area is 171 Å². The van der Waals surface area contributed by atoms with Crippen LogP contribution in [0.5, 0.6) is 11.5 Å². The fourth-order valence-electron chi connectivity index (χ4n) is 3.46. The van der Waals surface area contributed by atoms with Crippen LogP contribution in [-0.2, 0) is 33.7 Å². The van der Waals surface area contributed by atoms with Gasteiger partial charge in [-0.1, -0.05) is 18.2 Å². The van der Waals surface area contributed by atoms with Gasteiger partial charge in [-0.05, 0) is 60.2 Å². The van der Waals surface area contributed by atoms with Crippen LogP contribution in [-0.4, -0.2) is 44.1 Å². The summed E-state index contributed by atoms with van der Waals surface area (Å²) in [5, 5.41) is 0. The van der Waals surface area contributed by atoms with E-state index in [4.69, 9.17) is 14.2 Å². The summed E-state index contributed by atoms with van der Waals surface area (Å²) in [6.45, 7) is 4.83. The number of amides is 1. The summed E-state index contributed by atoms with van der Waals surface area (Å²) in [6, 6.07) is 9.73. The van der Waals surface area contributed by atoms with Gasteiger partial charge in [-0.2, -0.15) is 0 Å². The minimum Gasteiger partial charge on any atom is -0.493 e. The van der Waals surface area contributed by atoms with E-state index in [0.29, 0.717) is 24.6 Å². The third-order valence-corrected chi connectivity index (χ3v) is 5.35. The molecule has 154 valence electrons. The van der Waals surface area contributed by atoms with Gasteiger partial charge in [0.25, 0.3) is 5.91 Å². The maximum absolute atomic E-state index is 12.5. The van der Waals surface area contributed by atoms with Crippen molar-refractivity contribution in [2.45, 2.75) is 33.2 Å². The molecule has 1 aliphatic heterocycles. The molecule has 0 unspecified atom stereocenters. The number of hydrogen-bond donors (Lipinski definition) is 0. The molecule has 0 bridgehead atoms. The molecule has 0 spiro atoms. The molecule has 0 atom stereocenters. The van der Waals surface area contributed by atoms with Crippen LogP contribution in [0.15, 0.2) is 30.3 Å². The molecule has 2 aromatic carbocycles. The standard InChI is InChI=1S/C23H27NO5/c1-15-5-6-17(9-16(15)2)10-23(26)29-14-22(25)24-8-7-18-11-20(27-3)21(28-4)12-19(18)13-24/h5-6,9,11-12H,7-8,10,13-14H2,1-4H3. The number of methoxy groups -OCH3 is 2. The molecule has 0 aromatic heterocycles. The number of benzene rings is 2. The monoisotopic (exact) mass is 397 g/mol. The lowest BCUT2D eigenvalue weighted by atomic mass is 9.99. The molecule has 2 aromatic rings. The van der Waals surface area contributed by atoms with Crippen molar-refractivity contribution < 1.29 is 23.8 Å². The lowest BCUT2D eigenvalue weighted by Crippen LogP contribution is -2.38. The largest absolute Gasteiger partial charge is 0.493 e. The van der Waals surface area contributed by atoms with Crippen molar-refractivity contribution in [3.8, 4) is 11.5 Å². The van der Waals surface area contributed by atoms with E-state index in [2.05, 4.69) is 0 Å². The number of aryl methyl sites for hydroxylation is 2. The van der Waals surface area contributed by atoms with E-state index in [1.165, 1.54) is 5.56 Å². The quantitative estimate of drug-likeness (QED) is 0.701. The average molecular weight is 397 g/mol. The molecule has 0 saturated carbocycles. The van der Waals surface area contributed by atoms with Crippen LogP contribution in [0.25, 0.3) is 0 Å². The van der Waals surface area contributed by atoms with Crippen molar-refractivity contribution in [3.63, 3.8) is 0 Å². The van der Waals surface area contributed by atoms with E-state index in [9.17, 15) is 9.59 Å². The normalized spacial score (nSPS) is 12.9. The highest BCUT2D eigenvalue weighted by Gasteiger charge is 2.23. The van der Waals surface area contributed by atoms with Crippen molar-refractivity contribution in [1.82, 2.24) is 4.90 Å². The first-order chi connectivity index (χ1) is 13.9. The first-order valence-corrected chi connectivity index (χ1v) is 9.64. The number of fused-ring (bicyclic) bond motifs is 1. The van der Waals surface area contributed by atoms with Gasteiger partial charge in [0.05, 0.1) is 20.6 Å². The van der Waals surface area contributed by atoms with E-state index in [0.717, 1.165) is 28.7 Å². The molecule has 0 radical (unpaired) electrons. The summed E-state index contributed by atoms with van der Waals surface area (Å²) >= 11 is 0. The average Bonchev–Trinajstić information content (AvgIpc) is 2.73. The van der Waals surface area contributed by atoms with Crippen molar-refractivity contribution in [2.24, 2.45) is 0 Å². The van der Waals surface area contributed by atoms with Gasteiger partial charge >= 0.3 is 5.97 Å². The molecule has 29 heavy (non-hydrogen) atoms. The zero-order valence-corrected chi connectivity index (χ0v) is 17.4. The lowest BCUT2D eigenvalue weighted by Gasteiger charge is -2.29. The summed E-state index contributed by atoms with van der Waals surface area (Å²) in [6.07, 6.45) is 0.881. The highest BCUT2D eigenvalue weighted by atomic mass is 16.5. The van der Waals surface area contributed by atoms with E-state index >= 15 is 0 Å². The molecule has 1 aliphatic rings. The molecule has 0 aliphatic carbocycles. The Morgan fingerprint density at radius 3 is 2.31 bits per heavy atom. The third-order valence-electron chi connectivity index (χ3n) is 5.35. The Kier molecular flexibility index (Phi) is 6.42. The molecule has 0 fully saturated rings. The van der Waals surface area contributed by atoms with Crippen molar-refractivity contribution >= 4 is 11.9 Å². The zero-order valence-electron chi connectivity index (χ0n) is 17.4. The number of ether oxygens (including phenoxy) is 3. The summed E-state index contributed by atoms with van der Waals surface area (Å²) in [4.78, 5) is 26.4. The Hall–Kier alpha value is -3.02. The van der Waals surface area contributed by atoms with Gasteiger partial charge in [0, 0.05) is 13.1 Å². The summed E-state index contributed by atoms with van der Waals surface area (Å²) in [7, 11) is 3.19. The van der Waals surface area contributed by atoms with Crippen LogP contribution in [0.3, 0.4) is 0 Å². The van der Waals surface area contributed by atoms with E-state index in [1.54, 1.807) is 19.1 Å². The van der Waals surface area contributed by atoms with Gasteiger partial charge in [0.1, 0.15) is 0 Å². The zero-order chi connectivity index (χ0) is 21.0. The van der Waals surface area contributed by atoms with Gasteiger partial charge < -0.3 is 19.1 Å². The second kappa shape index (κ2) is 8.99. The highest BCUT2D eigenvalue weighted by Crippen LogP contribution is 2.33. The molecule has 1 amide bonds. The van der Waals surface area contributed by atoms with Crippen molar-refractivity contribution in [1.29, 1.82) is 0 Å². The first kappa shape index (κ1) is 20.7. The van der Waals surface area contributed by atoms with Gasteiger partial charge in [-0.25, -0.2) is 0 Å². The van der Waals surface area contributed by atoms with Gasteiger partial charge in [-0.3, -0.25) is 9.59 Å². The number of hydrogen-bond acceptors (Lipinski definition) is 5. The van der Waals surface area contributed by atoms with Crippen LogP contribution < -0.4 is 9.47 Å². The first-order valence-electron chi connectivity index (χ1n) is 9.64. The Morgan fingerprint density at radius 1 is 0.966 bits per heavy atom. The van der Waals surface area contributed by atoms with Crippen molar-refractivity contribution in [2.75, 3.05) is 27.4 Å². The minimum absolute atomic E-state index is 0.161. The third kappa shape index (κ3) is 4.88. The Bertz CT molecular complexity index is 922. The molecule has 1 heterocycles. The molecule has 6 nitrogen and oxygen atoms in total. The molecule has 3 rings (SSSR count). The molecular formula is C23H27NO5. The molecular weight excluding hydrogens is 370 g/mol. The second-order valence-electron chi connectivity index (χ2n) is 7.30. The fraction of sp³-hybridized carbons (Fsp3) is 0.391. The summed E-state index contributed by atoms with van der Waals surface area (Å²) in [5.74, 6) is 0.732. The summed E-state index contributed by atoms with van der Waals surface area (Å²) < 4.78 is 15.9. The fourth-order valence-corrected chi connectivity index (χ4v) is 3.46. The Balaban J connectivity index is 1.56. The topological polar surface area (TPSA) is 65.1 Å². The lowest BCUT2D eigenvalue weighted by molar-refractivity contribution is -0.151. The van der Waals surface area contributed by atoms with Crippen LogP contribution in [0.2, 0.25) is 0 Å². The highest BCUT2D eigenvalue weighted by molar-refractivity contribution is 5.81. The SMILES string of the molecule is COc1cc2c(cc1OC)CN(C(=O)COC(=O)Cc1ccc(C)c(C)c1)CC2. The molecule has 0 N–H and O–H groups in total.